The van der Waals surface area contributed by atoms with Gasteiger partial charge in [0.1, 0.15) is 10.6 Å². The van der Waals surface area contributed by atoms with Crippen LogP contribution in [0.25, 0.3) is 0 Å². The molecule has 3 rings (SSSR count). The zero-order chi connectivity index (χ0) is 22.8. The van der Waals surface area contributed by atoms with Gasteiger partial charge < -0.3 is 14.4 Å². The molecule has 1 amide bonds. The molecular formula is C20H21FN4O5S. The molecule has 2 aromatic carbocycles. The molecule has 0 saturated heterocycles. The zero-order valence-electron chi connectivity index (χ0n) is 17.4. The van der Waals surface area contributed by atoms with Crippen molar-refractivity contribution < 1.29 is 27.1 Å². The first-order chi connectivity index (χ1) is 14.6. The standard InChI is InChI=1S/C20H21FN4O5S/c1-24(2)19(26)12-30-14-6-8-18-15(10-14)20(23-31(18,27)28)25(3)22-11-13-5-7-16(21)17(9-13)29-4/h5-11H,12H2,1-4H3/b22-11+. The molecule has 0 bridgehead atoms. The normalized spacial score (nSPS) is 14.2. The molecule has 9 nitrogen and oxygen atoms in total. The average Bonchev–Trinajstić information content (AvgIpc) is 3.01. The Bertz CT molecular complexity index is 1180. The van der Waals surface area contributed by atoms with Crippen LogP contribution < -0.4 is 9.47 Å². The van der Waals surface area contributed by atoms with Crippen LogP contribution >= 0.6 is 0 Å². The van der Waals surface area contributed by atoms with Crippen molar-refractivity contribution in [3.05, 3.63) is 53.3 Å². The van der Waals surface area contributed by atoms with Gasteiger partial charge in [0.15, 0.2) is 24.0 Å². The number of ether oxygens (including phenoxy) is 2. The molecule has 0 unspecified atom stereocenters. The van der Waals surface area contributed by atoms with E-state index >= 15 is 0 Å². The summed E-state index contributed by atoms with van der Waals surface area (Å²) in [7, 11) is 2.21. The first kappa shape index (κ1) is 22.2. The first-order valence-corrected chi connectivity index (χ1v) is 10.5. The van der Waals surface area contributed by atoms with E-state index in [4.69, 9.17) is 9.47 Å². The number of likely N-dealkylation sites (N-methyl/N-ethyl adjacent to an activating group) is 1. The largest absolute Gasteiger partial charge is 0.494 e. The van der Waals surface area contributed by atoms with Gasteiger partial charge in [-0.15, -0.1) is 4.40 Å². The maximum atomic E-state index is 13.6. The van der Waals surface area contributed by atoms with Crippen LogP contribution in [-0.2, 0) is 14.8 Å². The quantitative estimate of drug-likeness (QED) is 0.493. The smallest absolute Gasteiger partial charge is 0.285 e. The van der Waals surface area contributed by atoms with Crippen LogP contribution in [0.5, 0.6) is 11.5 Å². The van der Waals surface area contributed by atoms with E-state index in [0.29, 0.717) is 16.9 Å². The molecule has 1 heterocycles. The highest BCUT2D eigenvalue weighted by Gasteiger charge is 2.31. The van der Waals surface area contributed by atoms with Crippen LogP contribution in [0.1, 0.15) is 11.1 Å². The van der Waals surface area contributed by atoms with Gasteiger partial charge in [0, 0.05) is 26.7 Å². The summed E-state index contributed by atoms with van der Waals surface area (Å²) in [5, 5.41) is 5.49. The van der Waals surface area contributed by atoms with Crippen molar-refractivity contribution in [1.29, 1.82) is 0 Å². The minimum atomic E-state index is -3.89. The highest BCUT2D eigenvalue weighted by molar-refractivity contribution is 7.90. The summed E-state index contributed by atoms with van der Waals surface area (Å²) in [6.45, 7) is -0.189. The summed E-state index contributed by atoms with van der Waals surface area (Å²) in [5.74, 6) is -0.275. The average molecular weight is 448 g/mol. The lowest BCUT2D eigenvalue weighted by atomic mass is 10.2. The summed E-state index contributed by atoms with van der Waals surface area (Å²) < 4.78 is 52.6. The number of amides is 1. The Morgan fingerprint density at radius 1 is 1.19 bits per heavy atom. The molecule has 1 aliphatic rings. The molecule has 0 aromatic heterocycles. The van der Waals surface area contributed by atoms with Gasteiger partial charge in [-0.05, 0) is 35.9 Å². The predicted molar refractivity (Wildman–Crippen MR) is 113 cm³/mol. The van der Waals surface area contributed by atoms with Gasteiger partial charge in [0.25, 0.3) is 15.9 Å². The van der Waals surface area contributed by atoms with Gasteiger partial charge in [-0.1, -0.05) is 6.07 Å². The lowest BCUT2D eigenvalue weighted by molar-refractivity contribution is -0.130. The van der Waals surface area contributed by atoms with E-state index in [2.05, 4.69) is 9.50 Å². The van der Waals surface area contributed by atoms with Crippen molar-refractivity contribution in [2.45, 2.75) is 4.90 Å². The van der Waals surface area contributed by atoms with E-state index in [1.165, 1.54) is 66.7 Å². The molecule has 0 N–H and O–H groups in total. The minimum absolute atomic E-state index is 0.0132. The summed E-state index contributed by atoms with van der Waals surface area (Å²) in [6.07, 6.45) is 1.42. The number of rotatable bonds is 6. The molecule has 0 aliphatic carbocycles. The number of carbonyl (C=O) groups excluding carboxylic acids is 1. The lowest BCUT2D eigenvalue weighted by Crippen LogP contribution is -2.27. The van der Waals surface area contributed by atoms with E-state index in [1.54, 1.807) is 14.1 Å². The van der Waals surface area contributed by atoms with Gasteiger partial charge in [-0.2, -0.15) is 13.5 Å². The monoisotopic (exact) mass is 448 g/mol. The summed E-state index contributed by atoms with van der Waals surface area (Å²) in [4.78, 5) is 13.1. The van der Waals surface area contributed by atoms with Crippen molar-refractivity contribution in [3.63, 3.8) is 0 Å². The van der Waals surface area contributed by atoms with Gasteiger partial charge >= 0.3 is 0 Å². The summed E-state index contributed by atoms with van der Waals surface area (Å²) >= 11 is 0. The van der Waals surface area contributed by atoms with Crippen molar-refractivity contribution in [1.82, 2.24) is 9.91 Å². The maximum absolute atomic E-state index is 13.6. The number of hydrogen-bond donors (Lipinski definition) is 0. The lowest BCUT2D eigenvalue weighted by Gasteiger charge is -2.14. The fraction of sp³-hybridized carbons (Fsp3) is 0.250. The third kappa shape index (κ3) is 4.82. The number of halogens is 1. The van der Waals surface area contributed by atoms with Gasteiger partial charge in [0.2, 0.25) is 0 Å². The second-order valence-electron chi connectivity index (χ2n) is 6.79. The van der Waals surface area contributed by atoms with Crippen molar-refractivity contribution >= 4 is 28.0 Å². The minimum Gasteiger partial charge on any atom is -0.494 e. The zero-order valence-corrected chi connectivity index (χ0v) is 18.2. The van der Waals surface area contributed by atoms with E-state index in [0.717, 1.165) is 0 Å². The van der Waals surface area contributed by atoms with E-state index < -0.39 is 15.8 Å². The van der Waals surface area contributed by atoms with Crippen LogP contribution in [0.4, 0.5) is 4.39 Å². The Morgan fingerprint density at radius 2 is 1.94 bits per heavy atom. The number of carbonyl (C=O) groups is 1. The number of hydrazone groups is 1. The third-order valence-corrected chi connectivity index (χ3v) is 5.72. The topological polar surface area (TPSA) is 101 Å². The summed E-state index contributed by atoms with van der Waals surface area (Å²) in [5.41, 5.74) is 0.845. The Labute approximate surface area is 179 Å². The third-order valence-electron chi connectivity index (χ3n) is 4.40. The molecule has 31 heavy (non-hydrogen) atoms. The molecular weight excluding hydrogens is 427 g/mol. The predicted octanol–water partition coefficient (Wildman–Crippen LogP) is 1.72. The number of fused-ring (bicyclic) bond motifs is 1. The van der Waals surface area contributed by atoms with E-state index in [9.17, 15) is 17.6 Å². The fourth-order valence-corrected chi connectivity index (χ4v) is 3.89. The Morgan fingerprint density at radius 3 is 2.61 bits per heavy atom. The number of amidine groups is 1. The molecule has 1 aliphatic heterocycles. The molecule has 0 saturated carbocycles. The van der Waals surface area contributed by atoms with Crippen LogP contribution in [0, 0.1) is 5.82 Å². The molecule has 11 heteroatoms. The Balaban J connectivity index is 1.85. The van der Waals surface area contributed by atoms with Crippen LogP contribution in [-0.4, -0.2) is 71.1 Å². The molecule has 2 aromatic rings. The van der Waals surface area contributed by atoms with Crippen LogP contribution in [0.15, 0.2) is 50.8 Å². The van der Waals surface area contributed by atoms with Gasteiger partial charge in [0.05, 0.1) is 13.3 Å². The number of nitrogens with zero attached hydrogens (tertiary/aromatic N) is 4. The fourth-order valence-electron chi connectivity index (χ4n) is 2.68. The van der Waals surface area contributed by atoms with Gasteiger partial charge in [-0.3, -0.25) is 4.79 Å². The molecule has 0 fully saturated rings. The first-order valence-electron chi connectivity index (χ1n) is 9.06. The molecule has 0 spiro atoms. The summed E-state index contributed by atoms with van der Waals surface area (Å²) in [6, 6.07) is 8.54. The van der Waals surface area contributed by atoms with E-state index in [-0.39, 0.29) is 29.0 Å². The van der Waals surface area contributed by atoms with Crippen LogP contribution in [0.3, 0.4) is 0 Å². The molecule has 164 valence electrons. The van der Waals surface area contributed by atoms with Crippen LogP contribution in [0.2, 0.25) is 0 Å². The maximum Gasteiger partial charge on any atom is 0.285 e. The Hall–Kier alpha value is -3.47. The number of methoxy groups -OCH3 is 1. The number of sulfonamides is 1. The number of benzene rings is 2. The number of hydrogen-bond acceptors (Lipinski definition) is 7. The second kappa shape index (κ2) is 8.72. The highest BCUT2D eigenvalue weighted by Crippen LogP contribution is 2.30. The SMILES string of the molecule is COc1cc(/C=N/N(C)C2=NS(=O)(=O)c3ccc(OCC(=O)N(C)C)cc32)ccc1F. The van der Waals surface area contributed by atoms with Crippen molar-refractivity contribution in [2.24, 2.45) is 9.50 Å². The van der Waals surface area contributed by atoms with Crippen molar-refractivity contribution in [2.75, 3.05) is 34.9 Å². The van der Waals surface area contributed by atoms with Gasteiger partial charge in [-0.25, -0.2) is 9.40 Å². The molecule has 0 radical (unpaired) electrons. The van der Waals surface area contributed by atoms with Crippen molar-refractivity contribution in [3.8, 4) is 11.5 Å². The molecule has 0 atom stereocenters. The van der Waals surface area contributed by atoms with E-state index in [1.807, 2.05) is 0 Å². The Kier molecular flexibility index (Phi) is 6.25. The second-order valence-corrected chi connectivity index (χ2v) is 8.36. The highest BCUT2D eigenvalue weighted by atomic mass is 32.2.